The van der Waals surface area contributed by atoms with Crippen molar-refractivity contribution in [3.05, 3.63) is 76.3 Å². The van der Waals surface area contributed by atoms with Crippen LogP contribution in [0.4, 0.5) is 0 Å². The largest absolute Gasteiger partial charge is 0.483 e. The molecule has 1 fully saturated rings. The molecule has 0 spiro atoms. The molecule has 3 aromatic carbocycles. The molecule has 0 saturated carbocycles. The number of nitrogens with zero attached hydrogens (tertiary/aromatic N) is 2. The number of ether oxygens (including phenoxy) is 2. The van der Waals surface area contributed by atoms with Gasteiger partial charge in [0.25, 0.3) is 11.8 Å². The summed E-state index contributed by atoms with van der Waals surface area (Å²) in [6.07, 6.45) is 1.55. The quantitative estimate of drug-likeness (QED) is 0.418. The summed E-state index contributed by atoms with van der Waals surface area (Å²) in [6, 6.07) is 18.7. The third kappa shape index (κ3) is 5.52. The average Bonchev–Trinajstić information content (AvgIpc) is 2.83. The van der Waals surface area contributed by atoms with E-state index < -0.39 is 0 Å². The van der Waals surface area contributed by atoms with Crippen molar-refractivity contribution in [3.63, 3.8) is 0 Å². The SMILES string of the molecule is O=C(N/N=C\c1ccc(OCC(=O)N2CCOCC2)c(Br)c1)c1ccc2ccccc2c1. The minimum Gasteiger partial charge on any atom is -0.483 e. The molecule has 1 aliphatic heterocycles. The zero-order valence-corrected chi connectivity index (χ0v) is 18.9. The Morgan fingerprint density at radius 2 is 1.84 bits per heavy atom. The van der Waals surface area contributed by atoms with Gasteiger partial charge in [0.2, 0.25) is 0 Å². The predicted molar refractivity (Wildman–Crippen MR) is 126 cm³/mol. The average molecular weight is 496 g/mol. The van der Waals surface area contributed by atoms with E-state index in [4.69, 9.17) is 9.47 Å². The molecule has 1 aliphatic rings. The van der Waals surface area contributed by atoms with Crippen LogP contribution in [0.25, 0.3) is 10.8 Å². The van der Waals surface area contributed by atoms with Gasteiger partial charge in [-0.15, -0.1) is 0 Å². The van der Waals surface area contributed by atoms with Gasteiger partial charge in [-0.3, -0.25) is 9.59 Å². The van der Waals surface area contributed by atoms with E-state index in [1.807, 2.05) is 36.4 Å². The Labute approximate surface area is 194 Å². The van der Waals surface area contributed by atoms with E-state index >= 15 is 0 Å². The molecule has 2 amide bonds. The van der Waals surface area contributed by atoms with E-state index in [9.17, 15) is 9.59 Å². The lowest BCUT2D eigenvalue weighted by Crippen LogP contribution is -2.43. The summed E-state index contributed by atoms with van der Waals surface area (Å²) < 4.78 is 11.6. The number of amides is 2. The van der Waals surface area contributed by atoms with E-state index in [1.54, 1.807) is 35.4 Å². The first kappa shape index (κ1) is 22.0. The first-order valence-corrected chi connectivity index (χ1v) is 11.0. The van der Waals surface area contributed by atoms with Crippen molar-refractivity contribution in [2.24, 2.45) is 5.10 Å². The summed E-state index contributed by atoms with van der Waals surface area (Å²) >= 11 is 3.45. The molecule has 1 N–H and O–H groups in total. The molecule has 1 saturated heterocycles. The van der Waals surface area contributed by atoms with Crippen LogP contribution in [0, 0.1) is 0 Å². The van der Waals surface area contributed by atoms with Crippen molar-refractivity contribution in [1.82, 2.24) is 10.3 Å². The highest BCUT2D eigenvalue weighted by atomic mass is 79.9. The molecule has 1 heterocycles. The molecule has 0 bridgehead atoms. The zero-order chi connectivity index (χ0) is 22.3. The molecule has 4 rings (SSSR count). The van der Waals surface area contributed by atoms with Crippen LogP contribution in [0.3, 0.4) is 0 Å². The molecule has 3 aromatic rings. The van der Waals surface area contributed by atoms with Crippen LogP contribution in [-0.4, -0.2) is 55.8 Å². The van der Waals surface area contributed by atoms with Crippen molar-refractivity contribution < 1.29 is 19.1 Å². The number of morpholine rings is 1. The van der Waals surface area contributed by atoms with Crippen LogP contribution < -0.4 is 10.2 Å². The van der Waals surface area contributed by atoms with Gasteiger partial charge in [-0.25, -0.2) is 5.43 Å². The number of carbonyl (C=O) groups is 2. The maximum absolute atomic E-state index is 12.4. The predicted octanol–water partition coefficient (Wildman–Crippen LogP) is 3.60. The van der Waals surface area contributed by atoms with Crippen molar-refractivity contribution in [3.8, 4) is 5.75 Å². The Morgan fingerprint density at radius 1 is 1.06 bits per heavy atom. The second kappa shape index (κ2) is 10.4. The summed E-state index contributed by atoms with van der Waals surface area (Å²) in [5.41, 5.74) is 3.85. The number of hydrogen-bond donors (Lipinski definition) is 1. The van der Waals surface area contributed by atoms with E-state index in [2.05, 4.69) is 26.5 Å². The lowest BCUT2D eigenvalue weighted by atomic mass is 10.1. The lowest BCUT2D eigenvalue weighted by Gasteiger charge is -2.26. The van der Waals surface area contributed by atoms with Crippen molar-refractivity contribution in [2.45, 2.75) is 0 Å². The maximum atomic E-state index is 12.4. The number of halogens is 1. The number of nitrogens with one attached hydrogen (secondary N) is 1. The van der Waals surface area contributed by atoms with Gasteiger partial charge in [0, 0.05) is 18.7 Å². The maximum Gasteiger partial charge on any atom is 0.271 e. The zero-order valence-electron chi connectivity index (χ0n) is 17.3. The van der Waals surface area contributed by atoms with Gasteiger partial charge in [-0.1, -0.05) is 30.3 Å². The van der Waals surface area contributed by atoms with Crippen molar-refractivity contribution in [2.75, 3.05) is 32.9 Å². The molecule has 0 aromatic heterocycles. The molecule has 0 aliphatic carbocycles. The van der Waals surface area contributed by atoms with Gasteiger partial charge in [0.05, 0.1) is 23.9 Å². The first-order valence-electron chi connectivity index (χ1n) is 10.2. The molecule has 0 atom stereocenters. The number of fused-ring (bicyclic) bond motifs is 1. The van der Waals surface area contributed by atoms with Crippen LogP contribution in [0.5, 0.6) is 5.75 Å². The van der Waals surface area contributed by atoms with Gasteiger partial charge < -0.3 is 14.4 Å². The standard InChI is InChI=1S/C24H22BrN3O4/c25-21-13-17(5-8-22(21)32-16-23(29)28-9-11-31-12-10-28)15-26-27-24(30)20-7-6-18-3-1-2-4-19(18)14-20/h1-8,13-15H,9-12,16H2,(H,27,30)/b26-15-. The molecule has 8 heteroatoms. The normalized spacial score (nSPS) is 14.0. The van der Waals surface area contributed by atoms with Crippen LogP contribution in [0.2, 0.25) is 0 Å². The number of hydrogen-bond acceptors (Lipinski definition) is 5. The summed E-state index contributed by atoms with van der Waals surface area (Å²) in [4.78, 5) is 26.3. The monoisotopic (exact) mass is 495 g/mol. The molecule has 0 radical (unpaired) electrons. The van der Waals surface area contributed by atoms with Crippen LogP contribution in [-0.2, 0) is 9.53 Å². The smallest absolute Gasteiger partial charge is 0.271 e. The fourth-order valence-corrected chi connectivity index (χ4v) is 3.83. The first-order chi connectivity index (χ1) is 15.6. The third-order valence-electron chi connectivity index (χ3n) is 5.06. The fourth-order valence-electron chi connectivity index (χ4n) is 3.32. The van der Waals surface area contributed by atoms with E-state index in [0.717, 1.165) is 16.3 Å². The second-order valence-corrected chi connectivity index (χ2v) is 8.09. The fraction of sp³-hybridized carbons (Fsp3) is 0.208. The highest BCUT2D eigenvalue weighted by molar-refractivity contribution is 9.10. The molecular formula is C24H22BrN3O4. The Kier molecular flexibility index (Phi) is 7.14. The van der Waals surface area contributed by atoms with E-state index in [0.29, 0.717) is 42.1 Å². The van der Waals surface area contributed by atoms with E-state index in [1.165, 1.54) is 0 Å². The third-order valence-corrected chi connectivity index (χ3v) is 5.68. The van der Waals surface area contributed by atoms with Crippen molar-refractivity contribution in [1.29, 1.82) is 0 Å². The number of hydrazone groups is 1. The second-order valence-electron chi connectivity index (χ2n) is 7.23. The lowest BCUT2D eigenvalue weighted by molar-refractivity contribution is -0.137. The summed E-state index contributed by atoms with van der Waals surface area (Å²) in [5, 5.41) is 6.12. The minimum absolute atomic E-state index is 0.0339. The molecule has 7 nitrogen and oxygen atoms in total. The highest BCUT2D eigenvalue weighted by Crippen LogP contribution is 2.25. The van der Waals surface area contributed by atoms with Crippen LogP contribution in [0.15, 0.2) is 70.2 Å². The molecule has 0 unspecified atom stereocenters. The number of benzene rings is 3. The molecule has 32 heavy (non-hydrogen) atoms. The van der Waals surface area contributed by atoms with Crippen LogP contribution >= 0.6 is 15.9 Å². The van der Waals surface area contributed by atoms with Gasteiger partial charge in [0.1, 0.15) is 5.75 Å². The Morgan fingerprint density at radius 3 is 2.62 bits per heavy atom. The number of carbonyl (C=O) groups excluding carboxylic acids is 2. The Bertz CT molecular complexity index is 1160. The summed E-state index contributed by atoms with van der Waals surface area (Å²) in [6.45, 7) is 2.25. The van der Waals surface area contributed by atoms with Crippen LogP contribution in [0.1, 0.15) is 15.9 Å². The molecule has 164 valence electrons. The minimum atomic E-state index is -0.285. The van der Waals surface area contributed by atoms with Gasteiger partial charge in [-0.05, 0) is 62.6 Å². The Balaban J connectivity index is 1.32. The summed E-state index contributed by atoms with van der Waals surface area (Å²) in [7, 11) is 0. The molecular weight excluding hydrogens is 474 g/mol. The number of rotatable bonds is 6. The van der Waals surface area contributed by atoms with Gasteiger partial charge in [0.15, 0.2) is 6.61 Å². The van der Waals surface area contributed by atoms with E-state index in [-0.39, 0.29) is 18.4 Å². The highest BCUT2D eigenvalue weighted by Gasteiger charge is 2.17. The summed E-state index contributed by atoms with van der Waals surface area (Å²) in [5.74, 6) is 0.207. The van der Waals surface area contributed by atoms with Gasteiger partial charge >= 0.3 is 0 Å². The Hall–Kier alpha value is -3.23. The topological polar surface area (TPSA) is 80.2 Å². The van der Waals surface area contributed by atoms with Crippen molar-refractivity contribution >= 4 is 44.7 Å². The van der Waals surface area contributed by atoms with Gasteiger partial charge in [-0.2, -0.15) is 5.10 Å².